The van der Waals surface area contributed by atoms with Crippen LogP contribution < -0.4 is 10.2 Å². The minimum Gasteiger partial charge on any atom is -0.354 e. The predicted molar refractivity (Wildman–Crippen MR) is 78.2 cm³/mol. The van der Waals surface area contributed by atoms with Crippen molar-refractivity contribution in [1.82, 2.24) is 9.97 Å². The molecule has 0 fully saturated rings. The third-order valence-electron chi connectivity index (χ3n) is 2.92. The van der Waals surface area contributed by atoms with Crippen LogP contribution in [-0.4, -0.2) is 29.6 Å². The second kappa shape index (κ2) is 8.67. The van der Waals surface area contributed by atoms with E-state index >= 15 is 0 Å². The minimum absolute atomic E-state index is 0.339. The van der Waals surface area contributed by atoms with Gasteiger partial charge in [-0.2, -0.15) is 4.98 Å². The largest absolute Gasteiger partial charge is 0.354 e. The van der Waals surface area contributed by atoms with Crippen molar-refractivity contribution >= 4 is 11.8 Å². The van der Waals surface area contributed by atoms with Crippen molar-refractivity contribution in [3.05, 3.63) is 12.0 Å². The minimum atomic E-state index is -0.339. The second-order valence-electron chi connectivity index (χ2n) is 4.59. The van der Waals surface area contributed by atoms with Gasteiger partial charge in [0.25, 0.3) is 0 Å². The zero-order chi connectivity index (χ0) is 14.1. The third-order valence-corrected chi connectivity index (χ3v) is 2.92. The fourth-order valence-electron chi connectivity index (χ4n) is 1.84. The van der Waals surface area contributed by atoms with Crippen molar-refractivity contribution < 1.29 is 4.39 Å². The molecule has 0 aromatic carbocycles. The lowest BCUT2D eigenvalue weighted by molar-refractivity contribution is 0.590. The van der Waals surface area contributed by atoms with E-state index in [4.69, 9.17) is 0 Å². The molecule has 1 aromatic rings. The third kappa shape index (κ3) is 5.01. The molecule has 0 atom stereocenters. The lowest BCUT2D eigenvalue weighted by atomic mass is 10.2. The van der Waals surface area contributed by atoms with Crippen LogP contribution in [-0.2, 0) is 0 Å². The summed E-state index contributed by atoms with van der Waals surface area (Å²) in [6.45, 7) is 8.66. The number of unbranched alkanes of at least 4 members (excludes halogenated alkanes) is 2. The molecule has 1 aromatic heterocycles. The highest BCUT2D eigenvalue weighted by Gasteiger charge is 2.14. The summed E-state index contributed by atoms with van der Waals surface area (Å²) in [6.07, 6.45) is 5.53. The van der Waals surface area contributed by atoms with Crippen molar-refractivity contribution in [2.45, 2.75) is 46.5 Å². The van der Waals surface area contributed by atoms with E-state index in [-0.39, 0.29) is 5.82 Å². The fourth-order valence-corrected chi connectivity index (χ4v) is 1.84. The van der Waals surface area contributed by atoms with Crippen molar-refractivity contribution in [3.63, 3.8) is 0 Å². The molecule has 0 bridgehead atoms. The van der Waals surface area contributed by atoms with Gasteiger partial charge in [0, 0.05) is 19.6 Å². The molecule has 0 saturated carbocycles. The van der Waals surface area contributed by atoms with Gasteiger partial charge in [0.15, 0.2) is 11.6 Å². The summed E-state index contributed by atoms with van der Waals surface area (Å²) >= 11 is 0. The molecular weight excluding hydrogens is 243 g/mol. The van der Waals surface area contributed by atoms with E-state index in [0.717, 1.165) is 45.3 Å². The Balaban J connectivity index is 2.87. The molecule has 0 aliphatic rings. The lowest BCUT2D eigenvalue weighted by Gasteiger charge is -2.24. The molecule has 5 heteroatoms. The molecule has 0 amide bonds. The summed E-state index contributed by atoms with van der Waals surface area (Å²) in [6, 6.07) is 0. The van der Waals surface area contributed by atoms with Crippen molar-refractivity contribution in [1.29, 1.82) is 0 Å². The van der Waals surface area contributed by atoms with Gasteiger partial charge in [-0.1, -0.05) is 26.7 Å². The number of rotatable bonds is 9. The maximum absolute atomic E-state index is 13.9. The predicted octanol–water partition coefficient (Wildman–Crippen LogP) is 3.45. The van der Waals surface area contributed by atoms with Gasteiger partial charge >= 0.3 is 0 Å². The van der Waals surface area contributed by atoms with Gasteiger partial charge < -0.3 is 10.2 Å². The number of hydrogen-bond acceptors (Lipinski definition) is 4. The molecule has 0 radical (unpaired) electrons. The molecule has 1 heterocycles. The number of aromatic nitrogens is 2. The molecule has 0 spiro atoms. The Morgan fingerprint density at radius 2 is 1.79 bits per heavy atom. The van der Waals surface area contributed by atoms with Crippen LogP contribution in [0.5, 0.6) is 0 Å². The Bertz CT molecular complexity index is 362. The fraction of sp³-hybridized carbons (Fsp3) is 0.714. The monoisotopic (exact) mass is 268 g/mol. The average molecular weight is 268 g/mol. The van der Waals surface area contributed by atoms with Crippen molar-refractivity contribution in [3.8, 4) is 0 Å². The van der Waals surface area contributed by atoms with Crippen LogP contribution in [0.3, 0.4) is 0 Å². The number of nitrogens with one attached hydrogen (secondary N) is 1. The number of hydrogen-bond donors (Lipinski definition) is 1. The molecule has 19 heavy (non-hydrogen) atoms. The summed E-state index contributed by atoms with van der Waals surface area (Å²) in [5.41, 5.74) is 0. The van der Waals surface area contributed by atoms with Crippen LogP contribution in [0.2, 0.25) is 0 Å². The average Bonchev–Trinajstić information content (AvgIpc) is 2.42. The van der Waals surface area contributed by atoms with Gasteiger partial charge in [-0.3, -0.25) is 0 Å². The van der Waals surface area contributed by atoms with Crippen molar-refractivity contribution in [2.24, 2.45) is 0 Å². The van der Waals surface area contributed by atoms with E-state index in [1.165, 1.54) is 6.20 Å². The molecule has 1 rings (SSSR count). The molecule has 4 nitrogen and oxygen atoms in total. The van der Waals surface area contributed by atoms with E-state index in [0.29, 0.717) is 11.8 Å². The van der Waals surface area contributed by atoms with E-state index < -0.39 is 0 Å². The first-order chi connectivity index (χ1) is 9.22. The zero-order valence-electron chi connectivity index (χ0n) is 12.2. The van der Waals surface area contributed by atoms with Gasteiger partial charge in [0.05, 0.1) is 6.20 Å². The van der Waals surface area contributed by atoms with Crippen LogP contribution >= 0.6 is 0 Å². The number of halogens is 1. The van der Waals surface area contributed by atoms with Crippen LogP contribution in [0.4, 0.5) is 16.2 Å². The zero-order valence-corrected chi connectivity index (χ0v) is 12.2. The second-order valence-corrected chi connectivity index (χ2v) is 4.59. The molecule has 0 aliphatic carbocycles. The molecule has 0 unspecified atom stereocenters. The Morgan fingerprint density at radius 3 is 2.32 bits per heavy atom. The Hall–Kier alpha value is -1.39. The van der Waals surface area contributed by atoms with Crippen molar-refractivity contribution in [2.75, 3.05) is 29.9 Å². The Labute approximate surface area is 115 Å². The smallest absolute Gasteiger partial charge is 0.224 e. The summed E-state index contributed by atoms with van der Waals surface area (Å²) in [5.74, 6) is 0.582. The normalized spacial score (nSPS) is 10.5. The van der Waals surface area contributed by atoms with Gasteiger partial charge in [-0.15, -0.1) is 0 Å². The van der Waals surface area contributed by atoms with Gasteiger partial charge in [0.1, 0.15) is 0 Å². The summed E-state index contributed by atoms with van der Waals surface area (Å²) < 4.78 is 13.9. The highest BCUT2D eigenvalue weighted by Crippen LogP contribution is 2.18. The maximum Gasteiger partial charge on any atom is 0.224 e. The van der Waals surface area contributed by atoms with Gasteiger partial charge in [-0.05, 0) is 19.8 Å². The molecule has 0 aliphatic heterocycles. The highest BCUT2D eigenvalue weighted by atomic mass is 19.1. The van der Waals surface area contributed by atoms with Crippen LogP contribution in [0, 0.1) is 5.82 Å². The standard InChI is InChI=1S/C14H25FN4/c1-4-7-9-19(10-8-5-2)13-12(15)11-17-14(18-13)16-6-3/h11H,4-10H2,1-3H3,(H,16,17,18). The van der Waals surface area contributed by atoms with Crippen LogP contribution in [0.15, 0.2) is 6.20 Å². The van der Waals surface area contributed by atoms with E-state index in [1.807, 2.05) is 11.8 Å². The van der Waals surface area contributed by atoms with E-state index in [1.54, 1.807) is 0 Å². The first-order valence-corrected chi connectivity index (χ1v) is 7.24. The molecule has 1 N–H and O–H groups in total. The topological polar surface area (TPSA) is 41.1 Å². The molecule has 0 saturated heterocycles. The Kier molecular flexibility index (Phi) is 7.15. The maximum atomic E-state index is 13.9. The van der Waals surface area contributed by atoms with Gasteiger partial charge in [-0.25, -0.2) is 9.37 Å². The summed E-state index contributed by atoms with van der Waals surface area (Å²) in [7, 11) is 0. The molecular formula is C14H25FN4. The van der Waals surface area contributed by atoms with Crippen LogP contribution in [0.25, 0.3) is 0 Å². The summed E-state index contributed by atoms with van der Waals surface area (Å²) in [4.78, 5) is 10.3. The van der Waals surface area contributed by atoms with E-state index in [9.17, 15) is 4.39 Å². The first-order valence-electron chi connectivity index (χ1n) is 7.24. The summed E-state index contributed by atoms with van der Waals surface area (Å²) in [5, 5.41) is 3.03. The van der Waals surface area contributed by atoms with E-state index in [2.05, 4.69) is 29.1 Å². The highest BCUT2D eigenvalue weighted by molar-refractivity contribution is 5.43. The first kappa shape index (κ1) is 15.7. The quantitative estimate of drug-likeness (QED) is 0.744. The number of anilines is 2. The molecule has 108 valence electrons. The van der Waals surface area contributed by atoms with Crippen LogP contribution in [0.1, 0.15) is 46.5 Å². The Morgan fingerprint density at radius 1 is 1.16 bits per heavy atom. The lowest BCUT2D eigenvalue weighted by Crippen LogP contribution is -2.28. The number of nitrogens with zero attached hydrogens (tertiary/aromatic N) is 3. The van der Waals surface area contributed by atoms with Gasteiger partial charge in [0.2, 0.25) is 5.95 Å². The SMILES string of the molecule is CCCCN(CCCC)c1nc(NCC)ncc1F.